The Morgan fingerprint density at radius 3 is 2.20 bits per heavy atom. The molecule has 3 rings (SSSR count). The molecule has 2 nitrogen and oxygen atoms in total. The average Bonchev–Trinajstić information content (AvgIpc) is 3.01. The van der Waals surface area contributed by atoms with Gasteiger partial charge in [0.1, 0.15) is 0 Å². The van der Waals surface area contributed by atoms with Gasteiger partial charge in [0.25, 0.3) is 0 Å². The summed E-state index contributed by atoms with van der Waals surface area (Å²) < 4.78 is 0. The number of hydrogen-bond acceptors (Lipinski definition) is 2. The van der Waals surface area contributed by atoms with Crippen LogP contribution in [-0.2, 0) is 0 Å². The monoisotopic (exact) mass is 209 g/mol. The van der Waals surface area contributed by atoms with Crippen molar-refractivity contribution >= 4 is 0 Å². The van der Waals surface area contributed by atoms with E-state index in [0.29, 0.717) is 6.61 Å². The maximum Gasteiger partial charge on any atom is 0.0433 e. The van der Waals surface area contributed by atoms with E-state index in [2.05, 4.69) is 4.90 Å². The molecule has 3 fully saturated rings. The molecule has 1 saturated heterocycles. The number of aliphatic hydroxyl groups excluding tert-OH is 1. The third-order valence-corrected chi connectivity index (χ3v) is 4.82. The first kappa shape index (κ1) is 10.1. The minimum Gasteiger partial charge on any atom is -0.396 e. The van der Waals surface area contributed by atoms with Gasteiger partial charge < -0.3 is 5.11 Å². The molecule has 0 spiro atoms. The van der Waals surface area contributed by atoms with Crippen molar-refractivity contribution in [1.82, 2.24) is 4.90 Å². The Morgan fingerprint density at radius 2 is 1.67 bits per heavy atom. The van der Waals surface area contributed by atoms with Gasteiger partial charge in [0.05, 0.1) is 0 Å². The Hall–Kier alpha value is -0.0800. The zero-order chi connectivity index (χ0) is 10.3. The molecule has 3 aliphatic rings. The fourth-order valence-electron chi connectivity index (χ4n) is 3.94. The summed E-state index contributed by atoms with van der Waals surface area (Å²) in [5.41, 5.74) is 0. The van der Waals surface area contributed by atoms with Crippen molar-refractivity contribution < 1.29 is 5.11 Å². The number of fused-ring (bicyclic) bond motifs is 2. The molecule has 1 heterocycles. The maximum absolute atomic E-state index is 9.15. The highest BCUT2D eigenvalue weighted by molar-refractivity contribution is 4.95. The molecule has 0 aromatic carbocycles. The van der Waals surface area contributed by atoms with Crippen LogP contribution in [0.15, 0.2) is 0 Å². The summed E-state index contributed by atoms with van der Waals surface area (Å²) in [6.07, 6.45) is 8.24. The van der Waals surface area contributed by atoms with E-state index >= 15 is 0 Å². The van der Waals surface area contributed by atoms with Crippen LogP contribution in [0, 0.1) is 17.8 Å². The van der Waals surface area contributed by atoms with E-state index in [0.717, 1.165) is 30.2 Å². The van der Waals surface area contributed by atoms with Gasteiger partial charge in [-0.25, -0.2) is 0 Å². The fraction of sp³-hybridized carbons (Fsp3) is 1.00. The highest BCUT2D eigenvalue weighted by Gasteiger charge is 2.42. The summed E-state index contributed by atoms with van der Waals surface area (Å²) >= 11 is 0. The molecule has 1 aliphatic heterocycles. The second-order valence-corrected chi connectivity index (χ2v) is 5.81. The Morgan fingerprint density at radius 1 is 1.00 bits per heavy atom. The second-order valence-electron chi connectivity index (χ2n) is 5.81. The van der Waals surface area contributed by atoms with Gasteiger partial charge >= 0.3 is 0 Å². The molecular formula is C13H23NO. The summed E-state index contributed by atoms with van der Waals surface area (Å²) in [5.74, 6) is 2.66. The van der Waals surface area contributed by atoms with Gasteiger partial charge in [-0.15, -0.1) is 0 Å². The lowest BCUT2D eigenvalue weighted by Gasteiger charge is -2.47. The Kier molecular flexibility index (Phi) is 2.73. The van der Waals surface area contributed by atoms with Crippen molar-refractivity contribution in [2.75, 3.05) is 19.7 Å². The Labute approximate surface area is 92.7 Å². The molecule has 0 aromatic rings. The fourth-order valence-corrected chi connectivity index (χ4v) is 3.94. The predicted octanol–water partition coefficient (Wildman–Crippen LogP) is 1.88. The van der Waals surface area contributed by atoms with Crippen molar-refractivity contribution in [1.29, 1.82) is 0 Å². The van der Waals surface area contributed by atoms with Gasteiger partial charge in [-0.2, -0.15) is 0 Å². The summed E-state index contributed by atoms with van der Waals surface area (Å²) in [6, 6.07) is 0.947. The van der Waals surface area contributed by atoms with Crippen molar-refractivity contribution in [3.05, 3.63) is 0 Å². The molecule has 15 heavy (non-hydrogen) atoms. The van der Waals surface area contributed by atoms with E-state index in [4.69, 9.17) is 5.11 Å². The van der Waals surface area contributed by atoms with E-state index in [1.807, 2.05) is 0 Å². The standard InChI is InChI=1S/C13H23NO/c15-7-6-13-10-2-1-3-11(13)9-14(8-10)12-4-5-12/h10-13,15H,1-9H2. The molecule has 2 heteroatoms. The lowest BCUT2D eigenvalue weighted by atomic mass is 9.68. The molecule has 86 valence electrons. The van der Waals surface area contributed by atoms with Crippen LogP contribution in [-0.4, -0.2) is 35.7 Å². The van der Waals surface area contributed by atoms with Crippen LogP contribution in [0.5, 0.6) is 0 Å². The van der Waals surface area contributed by atoms with E-state index in [9.17, 15) is 0 Å². The first-order chi connectivity index (χ1) is 7.38. The highest BCUT2D eigenvalue weighted by Crippen LogP contribution is 2.44. The zero-order valence-electron chi connectivity index (χ0n) is 9.57. The number of piperidine rings is 1. The van der Waals surface area contributed by atoms with E-state index < -0.39 is 0 Å². The minimum absolute atomic E-state index is 0.404. The normalized spacial score (nSPS) is 41.8. The Balaban J connectivity index is 1.68. The lowest BCUT2D eigenvalue weighted by Crippen LogP contribution is -2.49. The molecule has 2 bridgehead atoms. The third kappa shape index (κ3) is 1.94. The van der Waals surface area contributed by atoms with E-state index in [-0.39, 0.29) is 0 Å². The van der Waals surface area contributed by atoms with E-state index in [1.165, 1.54) is 45.2 Å². The maximum atomic E-state index is 9.15. The zero-order valence-corrected chi connectivity index (χ0v) is 9.57. The average molecular weight is 209 g/mol. The Bertz CT molecular complexity index is 213. The SMILES string of the molecule is OCCC1C2CCCC1CN(C1CC1)C2. The van der Waals surface area contributed by atoms with Crippen LogP contribution in [0.3, 0.4) is 0 Å². The van der Waals surface area contributed by atoms with Crippen LogP contribution in [0.25, 0.3) is 0 Å². The molecule has 2 aliphatic carbocycles. The van der Waals surface area contributed by atoms with Gasteiger partial charge in [-0.1, -0.05) is 6.42 Å². The van der Waals surface area contributed by atoms with Crippen molar-refractivity contribution in [2.45, 2.75) is 44.6 Å². The number of nitrogens with zero attached hydrogens (tertiary/aromatic N) is 1. The van der Waals surface area contributed by atoms with Crippen molar-refractivity contribution in [2.24, 2.45) is 17.8 Å². The lowest BCUT2D eigenvalue weighted by molar-refractivity contribution is 0.00680. The van der Waals surface area contributed by atoms with Crippen LogP contribution >= 0.6 is 0 Å². The van der Waals surface area contributed by atoms with Gasteiger partial charge in [-0.05, 0) is 49.9 Å². The van der Waals surface area contributed by atoms with Crippen LogP contribution in [0.1, 0.15) is 38.5 Å². The van der Waals surface area contributed by atoms with Gasteiger partial charge in [0, 0.05) is 25.7 Å². The molecule has 0 amide bonds. The van der Waals surface area contributed by atoms with Crippen LogP contribution in [0.2, 0.25) is 0 Å². The molecule has 1 N–H and O–H groups in total. The van der Waals surface area contributed by atoms with Crippen LogP contribution < -0.4 is 0 Å². The van der Waals surface area contributed by atoms with Gasteiger partial charge in [0.2, 0.25) is 0 Å². The minimum atomic E-state index is 0.404. The number of rotatable bonds is 3. The van der Waals surface area contributed by atoms with E-state index in [1.54, 1.807) is 0 Å². The topological polar surface area (TPSA) is 23.5 Å². The number of aliphatic hydroxyl groups is 1. The van der Waals surface area contributed by atoms with Gasteiger partial charge in [-0.3, -0.25) is 4.90 Å². The van der Waals surface area contributed by atoms with Crippen LogP contribution in [0.4, 0.5) is 0 Å². The first-order valence-corrected chi connectivity index (χ1v) is 6.73. The summed E-state index contributed by atoms with van der Waals surface area (Å²) in [4.78, 5) is 2.75. The van der Waals surface area contributed by atoms with Crippen molar-refractivity contribution in [3.8, 4) is 0 Å². The predicted molar refractivity (Wildman–Crippen MR) is 60.6 cm³/mol. The molecule has 2 unspecified atom stereocenters. The summed E-state index contributed by atoms with van der Waals surface area (Å²) in [6.45, 7) is 3.08. The molecule has 0 radical (unpaired) electrons. The van der Waals surface area contributed by atoms with Crippen molar-refractivity contribution in [3.63, 3.8) is 0 Å². The largest absolute Gasteiger partial charge is 0.396 e. The van der Waals surface area contributed by atoms with Gasteiger partial charge in [0.15, 0.2) is 0 Å². The first-order valence-electron chi connectivity index (χ1n) is 6.73. The molecule has 0 aromatic heterocycles. The second kappa shape index (κ2) is 4.06. The summed E-state index contributed by atoms with van der Waals surface area (Å²) in [7, 11) is 0. The smallest absolute Gasteiger partial charge is 0.0433 e. The molecule has 2 atom stereocenters. The molecular weight excluding hydrogens is 186 g/mol. The molecule has 2 saturated carbocycles. The number of likely N-dealkylation sites (tertiary alicyclic amines) is 1. The highest BCUT2D eigenvalue weighted by atomic mass is 16.3. The third-order valence-electron chi connectivity index (χ3n) is 4.82. The summed E-state index contributed by atoms with van der Waals surface area (Å²) in [5, 5.41) is 9.15. The number of hydrogen-bond donors (Lipinski definition) is 1. The quantitative estimate of drug-likeness (QED) is 0.767.